The van der Waals surface area contributed by atoms with Gasteiger partial charge in [0.2, 0.25) is 5.91 Å². The molecular weight excluding hydrogens is 512 g/mol. The highest BCUT2D eigenvalue weighted by Crippen LogP contribution is 2.37. The summed E-state index contributed by atoms with van der Waals surface area (Å²) >= 11 is 0.803. The second-order valence-electron chi connectivity index (χ2n) is 8.89. The first kappa shape index (κ1) is 27.7. The molecule has 1 heterocycles. The molecule has 0 unspecified atom stereocenters. The van der Waals surface area contributed by atoms with Crippen LogP contribution in [0, 0.1) is 6.92 Å². The Morgan fingerprint density at radius 2 is 1.79 bits per heavy atom. The molecule has 3 aromatic carbocycles. The van der Waals surface area contributed by atoms with Crippen LogP contribution in [0.2, 0.25) is 0 Å². The molecule has 39 heavy (non-hydrogen) atoms. The van der Waals surface area contributed by atoms with Crippen LogP contribution in [-0.4, -0.2) is 35.1 Å². The number of hydrogen-bond acceptors (Lipinski definition) is 6. The second kappa shape index (κ2) is 13.0. The molecule has 7 nitrogen and oxygen atoms in total. The maximum Gasteiger partial charge on any atom is 0.294 e. The number of carbonyl (C=O) groups excluding carboxylic acids is 3. The van der Waals surface area contributed by atoms with E-state index in [1.807, 2.05) is 62.4 Å². The summed E-state index contributed by atoms with van der Waals surface area (Å²) in [5.41, 5.74) is 4.20. The number of hydrogen-bond donors (Lipinski definition) is 1. The van der Waals surface area contributed by atoms with Gasteiger partial charge in [0.25, 0.3) is 11.1 Å². The molecule has 3 aromatic rings. The first-order chi connectivity index (χ1) is 18.9. The van der Waals surface area contributed by atoms with Gasteiger partial charge in [0.15, 0.2) is 11.5 Å². The Bertz CT molecular complexity index is 1400. The normalized spacial score (nSPS) is 14.0. The molecule has 3 amide bonds. The number of rotatable bonds is 11. The predicted molar refractivity (Wildman–Crippen MR) is 155 cm³/mol. The van der Waals surface area contributed by atoms with Crippen molar-refractivity contribution < 1.29 is 23.9 Å². The van der Waals surface area contributed by atoms with Crippen molar-refractivity contribution in [1.29, 1.82) is 0 Å². The van der Waals surface area contributed by atoms with E-state index in [0.717, 1.165) is 33.4 Å². The first-order valence-corrected chi connectivity index (χ1v) is 13.4. The van der Waals surface area contributed by atoms with Gasteiger partial charge in [0.1, 0.15) is 13.2 Å². The van der Waals surface area contributed by atoms with E-state index < -0.39 is 17.1 Å². The van der Waals surface area contributed by atoms with Crippen molar-refractivity contribution in [3.05, 3.63) is 107 Å². The summed E-state index contributed by atoms with van der Waals surface area (Å²) in [6.45, 7) is 8.11. The highest BCUT2D eigenvalue weighted by molar-refractivity contribution is 8.18. The maximum absolute atomic E-state index is 13.1. The van der Waals surface area contributed by atoms with E-state index in [1.165, 1.54) is 0 Å². The number of allylic oxidation sites excluding steroid dienone is 1. The Balaban J connectivity index is 1.54. The molecule has 0 saturated carbocycles. The molecule has 1 aliphatic heterocycles. The number of ether oxygens (including phenoxy) is 2. The fourth-order valence-electron chi connectivity index (χ4n) is 4.00. The van der Waals surface area contributed by atoms with Crippen LogP contribution in [0.5, 0.6) is 11.5 Å². The minimum absolute atomic E-state index is 0.230. The predicted octanol–water partition coefficient (Wildman–Crippen LogP) is 6.38. The van der Waals surface area contributed by atoms with Crippen molar-refractivity contribution in [2.45, 2.75) is 26.9 Å². The maximum atomic E-state index is 13.1. The van der Waals surface area contributed by atoms with Gasteiger partial charge in [-0.2, -0.15) is 0 Å². The van der Waals surface area contributed by atoms with Crippen LogP contribution in [0.15, 0.2) is 84.3 Å². The highest BCUT2D eigenvalue weighted by atomic mass is 32.2. The standard InChI is InChI=1S/C31H30N2O5S/c1-4-9-24-16-23(17-26(37-5-2)29(24)38-20-22-10-7-6-8-11-22)18-27-30(35)33(31(36)39-27)19-28(34)32-25-14-12-21(3)13-15-25/h4,6-8,10-18H,1,5,9,19-20H2,2-3H3,(H,32,34)/b27-18-. The van der Waals surface area contributed by atoms with Crippen LogP contribution in [0.25, 0.3) is 6.08 Å². The topological polar surface area (TPSA) is 84.9 Å². The van der Waals surface area contributed by atoms with E-state index in [4.69, 9.17) is 9.47 Å². The Morgan fingerprint density at radius 1 is 1.05 bits per heavy atom. The number of nitrogens with zero attached hydrogens (tertiary/aromatic N) is 1. The quantitative estimate of drug-likeness (QED) is 0.224. The van der Waals surface area contributed by atoms with Crippen molar-refractivity contribution in [3.63, 3.8) is 0 Å². The summed E-state index contributed by atoms with van der Waals surface area (Å²) in [6.07, 6.45) is 3.93. The molecule has 0 spiro atoms. The summed E-state index contributed by atoms with van der Waals surface area (Å²) in [6, 6.07) is 20.8. The monoisotopic (exact) mass is 542 g/mol. The molecule has 1 N–H and O–H groups in total. The zero-order chi connectivity index (χ0) is 27.8. The van der Waals surface area contributed by atoms with Gasteiger partial charge in [0, 0.05) is 11.3 Å². The summed E-state index contributed by atoms with van der Waals surface area (Å²) in [7, 11) is 0. The SMILES string of the molecule is C=CCc1cc(/C=C2\SC(=O)N(CC(=O)Nc3ccc(C)cc3)C2=O)cc(OCC)c1OCc1ccccc1. The fourth-order valence-corrected chi connectivity index (χ4v) is 4.84. The minimum atomic E-state index is -0.517. The first-order valence-electron chi connectivity index (χ1n) is 12.6. The van der Waals surface area contributed by atoms with Crippen LogP contribution < -0.4 is 14.8 Å². The Labute approximate surface area is 232 Å². The van der Waals surface area contributed by atoms with Crippen molar-refractivity contribution in [2.75, 3.05) is 18.5 Å². The zero-order valence-electron chi connectivity index (χ0n) is 21.9. The molecule has 0 aliphatic carbocycles. The zero-order valence-corrected chi connectivity index (χ0v) is 22.8. The average Bonchev–Trinajstić information content (AvgIpc) is 3.17. The van der Waals surface area contributed by atoms with Crippen LogP contribution >= 0.6 is 11.8 Å². The number of nitrogens with one attached hydrogen (secondary N) is 1. The third-order valence-corrected chi connectivity index (χ3v) is 6.76. The smallest absolute Gasteiger partial charge is 0.294 e. The lowest BCUT2D eigenvalue weighted by atomic mass is 10.0. The Hall–Kier alpha value is -4.30. The largest absolute Gasteiger partial charge is 0.490 e. The van der Waals surface area contributed by atoms with Gasteiger partial charge >= 0.3 is 0 Å². The van der Waals surface area contributed by atoms with Gasteiger partial charge in [-0.1, -0.05) is 54.1 Å². The average molecular weight is 543 g/mol. The van der Waals surface area contributed by atoms with E-state index >= 15 is 0 Å². The van der Waals surface area contributed by atoms with Gasteiger partial charge < -0.3 is 14.8 Å². The number of thioether (sulfide) groups is 1. The molecule has 1 aliphatic rings. The molecule has 0 aromatic heterocycles. The Kier molecular flexibility index (Phi) is 9.22. The van der Waals surface area contributed by atoms with Gasteiger partial charge in [-0.15, -0.1) is 6.58 Å². The minimum Gasteiger partial charge on any atom is -0.490 e. The van der Waals surface area contributed by atoms with Crippen LogP contribution in [0.1, 0.15) is 29.2 Å². The van der Waals surface area contributed by atoms with Crippen molar-refractivity contribution in [1.82, 2.24) is 4.90 Å². The number of benzene rings is 3. The van der Waals surface area contributed by atoms with Crippen molar-refractivity contribution in [2.24, 2.45) is 0 Å². The molecule has 8 heteroatoms. The summed E-state index contributed by atoms with van der Waals surface area (Å²) < 4.78 is 12.1. The summed E-state index contributed by atoms with van der Waals surface area (Å²) in [4.78, 5) is 39.4. The third kappa shape index (κ3) is 7.18. The number of aryl methyl sites for hydroxylation is 1. The molecule has 1 saturated heterocycles. The second-order valence-corrected chi connectivity index (χ2v) is 9.88. The number of anilines is 1. The number of imide groups is 1. The van der Waals surface area contributed by atoms with Gasteiger partial charge in [-0.25, -0.2) is 0 Å². The van der Waals surface area contributed by atoms with Crippen LogP contribution in [0.3, 0.4) is 0 Å². The van der Waals surface area contributed by atoms with E-state index in [2.05, 4.69) is 11.9 Å². The molecule has 4 rings (SSSR count). The van der Waals surface area contributed by atoms with Gasteiger partial charge in [-0.05, 0) is 73.5 Å². The van der Waals surface area contributed by atoms with E-state index in [1.54, 1.807) is 30.4 Å². The molecular formula is C31H30N2O5S. The highest BCUT2D eigenvalue weighted by Gasteiger charge is 2.36. The lowest BCUT2D eigenvalue weighted by Crippen LogP contribution is -2.36. The van der Waals surface area contributed by atoms with E-state index in [-0.39, 0.29) is 11.4 Å². The third-order valence-electron chi connectivity index (χ3n) is 5.85. The number of carbonyl (C=O) groups is 3. The number of amides is 3. The molecule has 1 fully saturated rings. The lowest BCUT2D eigenvalue weighted by Gasteiger charge is -2.17. The van der Waals surface area contributed by atoms with Crippen LogP contribution in [-0.2, 0) is 22.6 Å². The molecule has 200 valence electrons. The lowest BCUT2D eigenvalue weighted by molar-refractivity contribution is -0.127. The molecule has 0 bridgehead atoms. The van der Waals surface area contributed by atoms with E-state index in [9.17, 15) is 14.4 Å². The molecule has 0 atom stereocenters. The van der Waals surface area contributed by atoms with Crippen molar-refractivity contribution in [3.8, 4) is 11.5 Å². The summed E-state index contributed by atoms with van der Waals surface area (Å²) in [5.74, 6) is 0.181. The van der Waals surface area contributed by atoms with Gasteiger partial charge in [0.05, 0.1) is 11.5 Å². The van der Waals surface area contributed by atoms with E-state index in [0.29, 0.717) is 42.4 Å². The van der Waals surface area contributed by atoms with Crippen LogP contribution in [0.4, 0.5) is 10.5 Å². The van der Waals surface area contributed by atoms with Crippen molar-refractivity contribution >= 4 is 40.6 Å². The summed E-state index contributed by atoms with van der Waals surface area (Å²) in [5, 5.41) is 2.23. The van der Waals surface area contributed by atoms with Gasteiger partial charge in [-0.3, -0.25) is 19.3 Å². The Morgan fingerprint density at radius 3 is 2.49 bits per heavy atom. The molecule has 0 radical (unpaired) electrons. The fraction of sp³-hybridized carbons (Fsp3) is 0.194.